The van der Waals surface area contributed by atoms with Gasteiger partial charge in [0.1, 0.15) is 11.6 Å². The molecule has 1 fully saturated rings. The van der Waals surface area contributed by atoms with Crippen LogP contribution < -0.4 is 11.1 Å². The Morgan fingerprint density at radius 2 is 2.00 bits per heavy atom. The van der Waals surface area contributed by atoms with Crippen molar-refractivity contribution < 1.29 is 13.6 Å². The lowest BCUT2D eigenvalue weighted by molar-refractivity contribution is 0.193. The van der Waals surface area contributed by atoms with E-state index in [0.717, 1.165) is 12.1 Å². The molecule has 0 aromatic heterocycles. The summed E-state index contributed by atoms with van der Waals surface area (Å²) in [6, 6.07) is 2.62. The molecule has 2 amide bonds. The van der Waals surface area contributed by atoms with Crippen LogP contribution in [0.2, 0.25) is 0 Å². The average Bonchev–Trinajstić information content (AvgIpc) is 2.42. The quantitative estimate of drug-likeness (QED) is 0.825. The number of thiocarbonyl (C=S) groups is 1. The second kappa shape index (κ2) is 6.13. The van der Waals surface area contributed by atoms with E-state index >= 15 is 0 Å². The molecule has 108 valence electrons. The minimum atomic E-state index is -0.795. The third-order valence-electron chi connectivity index (χ3n) is 3.36. The van der Waals surface area contributed by atoms with Crippen LogP contribution in [0.4, 0.5) is 19.3 Å². The zero-order valence-electron chi connectivity index (χ0n) is 10.7. The molecule has 1 aromatic rings. The van der Waals surface area contributed by atoms with Crippen LogP contribution in [-0.2, 0) is 0 Å². The first kappa shape index (κ1) is 14.6. The number of hydrogen-bond donors (Lipinski definition) is 2. The first-order chi connectivity index (χ1) is 9.47. The zero-order chi connectivity index (χ0) is 14.7. The summed E-state index contributed by atoms with van der Waals surface area (Å²) in [7, 11) is 0. The molecule has 4 nitrogen and oxygen atoms in total. The molecule has 1 saturated heterocycles. The minimum Gasteiger partial charge on any atom is -0.393 e. The molecule has 0 aliphatic carbocycles. The summed E-state index contributed by atoms with van der Waals surface area (Å²) in [6.07, 6.45) is 1.41. The van der Waals surface area contributed by atoms with Crippen molar-refractivity contribution in [1.29, 1.82) is 0 Å². The molecule has 0 atom stereocenters. The number of amides is 2. The molecule has 0 radical (unpaired) electrons. The molecule has 0 bridgehead atoms. The van der Waals surface area contributed by atoms with Crippen molar-refractivity contribution in [3.05, 3.63) is 29.8 Å². The van der Waals surface area contributed by atoms with Gasteiger partial charge < -0.3 is 16.0 Å². The number of carbonyl (C=O) groups excluding carboxylic acids is 1. The SMILES string of the molecule is NC(=S)C1CCN(C(=O)Nc2ccc(F)cc2F)CC1. The van der Waals surface area contributed by atoms with Crippen LogP contribution in [0.1, 0.15) is 12.8 Å². The number of hydrogen-bond acceptors (Lipinski definition) is 2. The molecular formula is C13H15F2N3OS. The normalized spacial score (nSPS) is 16.0. The van der Waals surface area contributed by atoms with E-state index in [2.05, 4.69) is 5.32 Å². The highest BCUT2D eigenvalue weighted by Crippen LogP contribution is 2.20. The van der Waals surface area contributed by atoms with Gasteiger partial charge in [0.25, 0.3) is 0 Å². The third-order valence-corrected chi connectivity index (χ3v) is 3.69. The number of halogens is 2. The van der Waals surface area contributed by atoms with Crippen molar-refractivity contribution in [2.45, 2.75) is 12.8 Å². The lowest BCUT2D eigenvalue weighted by Crippen LogP contribution is -2.43. The predicted octanol–water partition coefficient (Wildman–Crippen LogP) is 2.49. The smallest absolute Gasteiger partial charge is 0.321 e. The van der Waals surface area contributed by atoms with E-state index in [4.69, 9.17) is 18.0 Å². The maximum Gasteiger partial charge on any atom is 0.321 e. The Kier molecular flexibility index (Phi) is 4.49. The van der Waals surface area contributed by atoms with Gasteiger partial charge in [0, 0.05) is 25.1 Å². The van der Waals surface area contributed by atoms with Gasteiger partial charge in [-0.05, 0) is 25.0 Å². The van der Waals surface area contributed by atoms with Crippen LogP contribution >= 0.6 is 12.2 Å². The van der Waals surface area contributed by atoms with E-state index in [9.17, 15) is 13.6 Å². The molecule has 0 spiro atoms. The van der Waals surface area contributed by atoms with Crippen molar-refractivity contribution in [3.8, 4) is 0 Å². The fraction of sp³-hybridized carbons (Fsp3) is 0.385. The van der Waals surface area contributed by atoms with Crippen molar-refractivity contribution in [2.24, 2.45) is 11.7 Å². The van der Waals surface area contributed by atoms with E-state index in [-0.39, 0.29) is 11.6 Å². The summed E-state index contributed by atoms with van der Waals surface area (Å²) in [5.74, 6) is -1.33. The van der Waals surface area contributed by atoms with Crippen molar-refractivity contribution in [2.75, 3.05) is 18.4 Å². The number of nitrogens with two attached hydrogens (primary N) is 1. The van der Waals surface area contributed by atoms with Crippen LogP contribution in [0.25, 0.3) is 0 Å². The van der Waals surface area contributed by atoms with Gasteiger partial charge in [0.2, 0.25) is 0 Å². The minimum absolute atomic E-state index is 0.0344. The number of piperidine rings is 1. The number of anilines is 1. The molecule has 20 heavy (non-hydrogen) atoms. The van der Waals surface area contributed by atoms with Gasteiger partial charge in [0.05, 0.1) is 10.7 Å². The second-order valence-corrected chi connectivity index (χ2v) is 5.19. The lowest BCUT2D eigenvalue weighted by atomic mass is 9.97. The molecule has 1 aliphatic heterocycles. The topological polar surface area (TPSA) is 58.4 Å². The van der Waals surface area contributed by atoms with Crippen LogP contribution in [-0.4, -0.2) is 29.0 Å². The van der Waals surface area contributed by atoms with Gasteiger partial charge in [-0.25, -0.2) is 13.6 Å². The van der Waals surface area contributed by atoms with E-state index < -0.39 is 17.7 Å². The highest BCUT2D eigenvalue weighted by atomic mass is 32.1. The molecule has 7 heteroatoms. The number of nitrogens with one attached hydrogen (secondary N) is 1. The standard InChI is InChI=1S/C13H15F2N3OS/c14-9-1-2-11(10(15)7-9)17-13(19)18-5-3-8(4-6-18)12(16)20/h1-2,7-8H,3-6H2,(H2,16,20)(H,17,19). The Bertz CT molecular complexity index is 530. The monoisotopic (exact) mass is 299 g/mol. The van der Waals surface area contributed by atoms with Crippen molar-refractivity contribution in [1.82, 2.24) is 4.90 Å². The van der Waals surface area contributed by atoms with Gasteiger partial charge in [-0.3, -0.25) is 0 Å². The summed E-state index contributed by atoms with van der Waals surface area (Å²) >= 11 is 4.93. The highest BCUT2D eigenvalue weighted by Gasteiger charge is 2.24. The molecule has 1 aromatic carbocycles. The summed E-state index contributed by atoms with van der Waals surface area (Å²) in [5, 5.41) is 2.43. The average molecular weight is 299 g/mol. The molecule has 1 heterocycles. The Balaban J connectivity index is 1.94. The maximum atomic E-state index is 13.4. The maximum absolute atomic E-state index is 13.4. The van der Waals surface area contributed by atoms with Crippen molar-refractivity contribution >= 4 is 28.9 Å². The van der Waals surface area contributed by atoms with Crippen molar-refractivity contribution in [3.63, 3.8) is 0 Å². The van der Waals surface area contributed by atoms with E-state index in [1.807, 2.05) is 0 Å². The van der Waals surface area contributed by atoms with Crippen LogP contribution in [0.5, 0.6) is 0 Å². The number of rotatable bonds is 2. The second-order valence-electron chi connectivity index (χ2n) is 4.72. The highest BCUT2D eigenvalue weighted by molar-refractivity contribution is 7.80. The van der Waals surface area contributed by atoms with Gasteiger partial charge in [-0.1, -0.05) is 12.2 Å². The largest absolute Gasteiger partial charge is 0.393 e. The van der Waals surface area contributed by atoms with E-state index in [1.54, 1.807) is 4.90 Å². The van der Waals surface area contributed by atoms with E-state index in [1.165, 1.54) is 6.07 Å². The van der Waals surface area contributed by atoms with E-state index in [0.29, 0.717) is 30.9 Å². The molecule has 0 unspecified atom stereocenters. The van der Waals surface area contributed by atoms with Crippen LogP contribution in [0.3, 0.4) is 0 Å². The Morgan fingerprint density at radius 3 is 2.55 bits per heavy atom. The molecule has 3 N–H and O–H groups in total. The summed E-state index contributed by atoms with van der Waals surface area (Å²) < 4.78 is 26.2. The van der Waals surface area contributed by atoms with Gasteiger partial charge >= 0.3 is 6.03 Å². The van der Waals surface area contributed by atoms with Gasteiger partial charge in [-0.15, -0.1) is 0 Å². The molecule has 0 saturated carbocycles. The number of benzene rings is 1. The Hall–Kier alpha value is -1.76. The van der Waals surface area contributed by atoms with Gasteiger partial charge in [-0.2, -0.15) is 0 Å². The third kappa shape index (κ3) is 3.41. The first-order valence-electron chi connectivity index (χ1n) is 6.27. The summed E-state index contributed by atoms with van der Waals surface area (Å²) in [4.78, 5) is 14.0. The Labute approximate surface area is 120 Å². The predicted molar refractivity (Wildman–Crippen MR) is 76.5 cm³/mol. The van der Waals surface area contributed by atoms with Crippen LogP contribution in [0.15, 0.2) is 18.2 Å². The fourth-order valence-electron chi connectivity index (χ4n) is 2.15. The number of nitrogens with zero attached hydrogens (tertiary/aromatic N) is 1. The first-order valence-corrected chi connectivity index (χ1v) is 6.68. The molecule has 2 rings (SSSR count). The Morgan fingerprint density at radius 1 is 1.35 bits per heavy atom. The van der Waals surface area contributed by atoms with Gasteiger partial charge in [0.15, 0.2) is 0 Å². The number of urea groups is 1. The fourth-order valence-corrected chi connectivity index (χ4v) is 2.39. The molecule has 1 aliphatic rings. The molecular weight excluding hydrogens is 284 g/mol. The zero-order valence-corrected chi connectivity index (χ0v) is 11.6. The number of carbonyl (C=O) groups is 1. The lowest BCUT2D eigenvalue weighted by Gasteiger charge is -2.31. The number of likely N-dealkylation sites (tertiary alicyclic amines) is 1. The summed E-state index contributed by atoms with van der Waals surface area (Å²) in [6.45, 7) is 1.02. The van der Waals surface area contributed by atoms with Crippen LogP contribution in [0, 0.1) is 17.6 Å². The summed E-state index contributed by atoms with van der Waals surface area (Å²) in [5.41, 5.74) is 5.54.